The second-order valence-corrected chi connectivity index (χ2v) is 5.57. The highest BCUT2D eigenvalue weighted by molar-refractivity contribution is 7.99. The van der Waals surface area contributed by atoms with Crippen LogP contribution in [0, 0.1) is 0 Å². The van der Waals surface area contributed by atoms with Gasteiger partial charge in [-0.25, -0.2) is 0 Å². The first-order chi connectivity index (χ1) is 9.31. The highest BCUT2D eigenvalue weighted by Crippen LogP contribution is 2.19. The van der Waals surface area contributed by atoms with E-state index in [1.165, 1.54) is 18.7 Å². The molecule has 0 heterocycles. The van der Waals surface area contributed by atoms with E-state index in [4.69, 9.17) is 11.6 Å². The number of rotatable bonds is 6. The summed E-state index contributed by atoms with van der Waals surface area (Å²) in [6.45, 7) is 0.390. The van der Waals surface area contributed by atoms with Gasteiger partial charge in [-0.3, -0.25) is 4.79 Å². The van der Waals surface area contributed by atoms with Crippen LogP contribution < -0.4 is 0 Å². The molecular weight excluding hydrogens is 311 g/mol. The molecule has 0 atom stereocenters. The summed E-state index contributed by atoms with van der Waals surface area (Å²) in [6.07, 6.45) is -4.36. The van der Waals surface area contributed by atoms with Crippen LogP contribution in [0.4, 0.5) is 13.2 Å². The standard InChI is InChI=1S/C13H15ClF3NOS/c1-2-18(9-13(15,16)17)12(19)8-20-7-10-4-3-5-11(14)6-10/h3-6H,2,7-9H2,1H3. The number of alkyl halides is 3. The summed E-state index contributed by atoms with van der Waals surface area (Å²) in [5, 5.41) is 0.599. The molecule has 112 valence electrons. The Labute approximate surface area is 125 Å². The molecule has 2 nitrogen and oxygen atoms in total. The Morgan fingerprint density at radius 2 is 2.10 bits per heavy atom. The van der Waals surface area contributed by atoms with Crippen LogP contribution >= 0.6 is 23.4 Å². The van der Waals surface area contributed by atoms with E-state index in [1.54, 1.807) is 18.2 Å². The number of nitrogens with zero attached hydrogens (tertiary/aromatic N) is 1. The molecule has 0 saturated heterocycles. The molecular formula is C13H15ClF3NOS. The molecule has 0 aliphatic heterocycles. The highest BCUT2D eigenvalue weighted by Gasteiger charge is 2.32. The zero-order valence-electron chi connectivity index (χ0n) is 10.9. The molecule has 1 rings (SSSR count). The van der Waals surface area contributed by atoms with E-state index >= 15 is 0 Å². The Morgan fingerprint density at radius 3 is 2.65 bits per heavy atom. The molecule has 0 spiro atoms. The molecule has 7 heteroatoms. The molecule has 1 amide bonds. The topological polar surface area (TPSA) is 20.3 Å². The summed E-state index contributed by atoms with van der Waals surface area (Å²) in [7, 11) is 0. The van der Waals surface area contributed by atoms with Gasteiger partial charge in [-0.1, -0.05) is 23.7 Å². The third-order valence-corrected chi connectivity index (χ3v) is 3.71. The molecule has 1 aromatic rings. The Hall–Kier alpha value is -0.880. The van der Waals surface area contributed by atoms with Gasteiger partial charge >= 0.3 is 6.18 Å². The maximum absolute atomic E-state index is 12.3. The van der Waals surface area contributed by atoms with E-state index in [-0.39, 0.29) is 12.3 Å². The summed E-state index contributed by atoms with van der Waals surface area (Å²) in [4.78, 5) is 12.5. The van der Waals surface area contributed by atoms with Crippen molar-refractivity contribution in [3.8, 4) is 0 Å². The minimum Gasteiger partial charge on any atom is -0.333 e. The number of halogens is 4. The number of carbonyl (C=O) groups is 1. The van der Waals surface area contributed by atoms with Crippen molar-refractivity contribution in [1.29, 1.82) is 0 Å². The zero-order chi connectivity index (χ0) is 15.2. The number of carbonyl (C=O) groups excluding carboxylic acids is 1. The third-order valence-electron chi connectivity index (χ3n) is 2.49. The maximum atomic E-state index is 12.3. The molecule has 0 aliphatic carbocycles. The Bertz CT molecular complexity index is 453. The largest absolute Gasteiger partial charge is 0.406 e. The lowest BCUT2D eigenvalue weighted by Crippen LogP contribution is -2.39. The van der Waals surface area contributed by atoms with Gasteiger partial charge in [-0.05, 0) is 24.6 Å². The van der Waals surface area contributed by atoms with Crippen LogP contribution in [-0.2, 0) is 10.5 Å². The predicted octanol–water partition coefficient (Wildman–Crippen LogP) is 3.98. The van der Waals surface area contributed by atoms with E-state index in [9.17, 15) is 18.0 Å². The third kappa shape index (κ3) is 6.52. The summed E-state index contributed by atoms with van der Waals surface area (Å²) in [5.74, 6) is 0.0589. The monoisotopic (exact) mass is 325 g/mol. The number of benzene rings is 1. The van der Waals surface area contributed by atoms with Gasteiger partial charge in [0.25, 0.3) is 0 Å². The highest BCUT2D eigenvalue weighted by atomic mass is 35.5. The molecule has 0 N–H and O–H groups in total. The van der Waals surface area contributed by atoms with Crippen LogP contribution in [0.5, 0.6) is 0 Å². The molecule has 1 aromatic carbocycles. The molecule has 0 bridgehead atoms. The molecule has 0 radical (unpaired) electrons. The van der Waals surface area contributed by atoms with Gasteiger partial charge in [0.2, 0.25) is 5.91 Å². The summed E-state index contributed by atoms with van der Waals surface area (Å²) >= 11 is 7.10. The van der Waals surface area contributed by atoms with Gasteiger partial charge in [-0.2, -0.15) is 13.2 Å². The van der Waals surface area contributed by atoms with Crippen molar-refractivity contribution in [2.45, 2.75) is 18.9 Å². The fraction of sp³-hybridized carbons (Fsp3) is 0.462. The molecule has 0 aliphatic rings. The maximum Gasteiger partial charge on any atom is 0.406 e. The molecule has 0 fully saturated rings. The first-order valence-corrected chi connectivity index (χ1v) is 7.52. The first kappa shape index (κ1) is 17.2. The second kappa shape index (κ2) is 7.78. The lowest BCUT2D eigenvalue weighted by atomic mass is 10.2. The van der Waals surface area contributed by atoms with Gasteiger partial charge in [0.05, 0.1) is 5.75 Å². The fourth-order valence-electron chi connectivity index (χ4n) is 1.57. The number of thioether (sulfide) groups is 1. The average Bonchev–Trinajstić information content (AvgIpc) is 2.34. The van der Waals surface area contributed by atoms with Crippen LogP contribution in [-0.4, -0.2) is 35.8 Å². The van der Waals surface area contributed by atoms with Gasteiger partial charge in [0.15, 0.2) is 0 Å². The van der Waals surface area contributed by atoms with Crippen molar-refractivity contribution in [3.05, 3.63) is 34.9 Å². The van der Waals surface area contributed by atoms with Gasteiger partial charge < -0.3 is 4.90 Å². The zero-order valence-corrected chi connectivity index (χ0v) is 12.5. The first-order valence-electron chi connectivity index (χ1n) is 5.98. The van der Waals surface area contributed by atoms with Crippen LogP contribution in [0.2, 0.25) is 5.02 Å². The van der Waals surface area contributed by atoms with Crippen molar-refractivity contribution in [3.63, 3.8) is 0 Å². The van der Waals surface area contributed by atoms with Crippen LogP contribution in [0.25, 0.3) is 0 Å². The fourth-order valence-corrected chi connectivity index (χ4v) is 2.65. The van der Waals surface area contributed by atoms with Gasteiger partial charge in [0, 0.05) is 17.3 Å². The van der Waals surface area contributed by atoms with Crippen molar-refractivity contribution < 1.29 is 18.0 Å². The summed E-state index contributed by atoms with van der Waals surface area (Å²) in [5.41, 5.74) is 0.939. The Morgan fingerprint density at radius 1 is 1.40 bits per heavy atom. The lowest BCUT2D eigenvalue weighted by Gasteiger charge is -2.22. The van der Waals surface area contributed by atoms with E-state index in [0.29, 0.717) is 10.8 Å². The molecule has 0 unspecified atom stereocenters. The van der Waals surface area contributed by atoms with Gasteiger partial charge in [0.1, 0.15) is 6.54 Å². The summed E-state index contributed by atoms with van der Waals surface area (Å²) in [6, 6.07) is 7.16. The van der Waals surface area contributed by atoms with Crippen molar-refractivity contribution in [2.75, 3.05) is 18.8 Å². The minimum absolute atomic E-state index is 0.0242. The molecule has 0 aromatic heterocycles. The van der Waals surface area contributed by atoms with Crippen molar-refractivity contribution >= 4 is 29.3 Å². The number of hydrogen-bond donors (Lipinski definition) is 0. The molecule has 20 heavy (non-hydrogen) atoms. The number of hydrogen-bond acceptors (Lipinski definition) is 2. The van der Waals surface area contributed by atoms with Crippen molar-refractivity contribution in [2.24, 2.45) is 0 Å². The summed E-state index contributed by atoms with van der Waals surface area (Å²) < 4.78 is 36.8. The SMILES string of the molecule is CCN(CC(F)(F)F)C(=O)CSCc1cccc(Cl)c1. The smallest absolute Gasteiger partial charge is 0.333 e. The van der Waals surface area contributed by atoms with E-state index in [2.05, 4.69) is 0 Å². The van der Waals surface area contributed by atoms with E-state index in [0.717, 1.165) is 10.5 Å². The van der Waals surface area contributed by atoms with E-state index in [1.807, 2.05) is 6.07 Å². The average molecular weight is 326 g/mol. The number of amides is 1. The Kier molecular flexibility index (Phi) is 6.68. The van der Waals surface area contributed by atoms with Crippen LogP contribution in [0.3, 0.4) is 0 Å². The molecule has 0 saturated carbocycles. The normalized spacial score (nSPS) is 11.4. The Balaban J connectivity index is 2.42. The quantitative estimate of drug-likeness (QED) is 0.788. The lowest BCUT2D eigenvalue weighted by molar-refractivity contribution is -0.159. The van der Waals surface area contributed by atoms with E-state index < -0.39 is 18.6 Å². The minimum atomic E-state index is -4.36. The van der Waals surface area contributed by atoms with Gasteiger partial charge in [-0.15, -0.1) is 11.8 Å². The predicted molar refractivity (Wildman–Crippen MR) is 75.9 cm³/mol. The second-order valence-electron chi connectivity index (χ2n) is 4.15. The van der Waals surface area contributed by atoms with Crippen LogP contribution in [0.1, 0.15) is 12.5 Å². The van der Waals surface area contributed by atoms with Crippen molar-refractivity contribution in [1.82, 2.24) is 4.90 Å². The van der Waals surface area contributed by atoms with Crippen LogP contribution in [0.15, 0.2) is 24.3 Å².